The van der Waals surface area contributed by atoms with E-state index in [1.165, 1.54) is 24.6 Å². The monoisotopic (exact) mass is 472 g/mol. The molecule has 0 saturated heterocycles. The van der Waals surface area contributed by atoms with Crippen molar-refractivity contribution in [3.05, 3.63) is 46.4 Å². The number of carbonyl (C=O) groups excluding carboxylic acids is 2. The fourth-order valence-electron chi connectivity index (χ4n) is 3.29. The molecule has 0 bridgehead atoms. The fraction of sp³-hybridized carbons (Fsp3) is 0.238. The van der Waals surface area contributed by atoms with Gasteiger partial charge in [0, 0.05) is 31.9 Å². The van der Waals surface area contributed by atoms with Crippen molar-refractivity contribution in [3.8, 4) is 5.75 Å². The Morgan fingerprint density at radius 3 is 2.91 bits per heavy atom. The Bertz CT molecular complexity index is 1170. The molecule has 1 aromatic carbocycles. The van der Waals surface area contributed by atoms with Crippen LogP contribution in [0.15, 0.2) is 35.8 Å². The molecule has 0 unspecified atom stereocenters. The van der Waals surface area contributed by atoms with Crippen LogP contribution in [0.5, 0.6) is 5.75 Å². The minimum absolute atomic E-state index is 0.120. The number of hydrogen-bond donors (Lipinski definition) is 3. The largest absolute Gasteiger partial charge is 0.412 e. The van der Waals surface area contributed by atoms with Crippen LogP contribution in [0, 0.1) is 0 Å². The molecule has 0 atom stereocenters. The molecule has 1 aliphatic rings. The van der Waals surface area contributed by atoms with Gasteiger partial charge in [0.15, 0.2) is 11.6 Å². The summed E-state index contributed by atoms with van der Waals surface area (Å²) in [5, 5.41) is 11.4. The zero-order valence-electron chi connectivity index (χ0n) is 17.4. The number of benzene rings is 1. The van der Waals surface area contributed by atoms with Crippen LogP contribution in [0.1, 0.15) is 18.4 Å². The maximum absolute atomic E-state index is 12.1. The van der Waals surface area contributed by atoms with Crippen LogP contribution in [0.4, 0.5) is 32.9 Å². The van der Waals surface area contributed by atoms with Gasteiger partial charge in [0.05, 0.1) is 6.20 Å². The molecule has 3 aromatic rings. The van der Waals surface area contributed by atoms with Gasteiger partial charge < -0.3 is 25.6 Å². The molecule has 0 spiro atoms. The smallest absolute Gasteiger partial charge is 0.407 e. The Labute approximate surface area is 193 Å². The topological polar surface area (TPSA) is 108 Å². The minimum Gasteiger partial charge on any atom is -0.407 e. The minimum atomic E-state index is -0.571. The van der Waals surface area contributed by atoms with Crippen molar-refractivity contribution in [1.82, 2.24) is 15.3 Å². The lowest BCUT2D eigenvalue weighted by Crippen LogP contribution is -2.24. The maximum Gasteiger partial charge on any atom is 0.412 e. The summed E-state index contributed by atoms with van der Waals surface area (Å²) >= 11 is 7.62. The van der Waals surface area contributed by atoms with E-state index < -0.39 is 6.09 Å². The summed E-state index contributed by atoms with van der Waals surface area (Å²) < 4.78 is 5.22. The highest BCUT2D eigenvalue weighted by molar-refractivity contribution is 7.14. The molecular weight excluding hydrogens is 452 g/mol. The number of aryl methyl sites for hydroxylation is 1. The SMILES string of the molecule is CNC(=O)Oc1ccsc1Nc1nc(Nc2ccc3c(c2)CCCC(=O)N3C)ncc1Cl. The molecule has 2 amide bonds. The molecule has 3 N–H and O–H groups in total. The van der Waals surface area contributed by atoms with E-state index in [1.54, 1.807) is 23.4 Å². The second kappa shape index (κ2) is 9.41. The van der Waals surface area contributed by atoms with E-state index in [0.29, 0.717) is 34.0 Å². The Balaban J connectivity index is 1.54. The fourth-order valence-corrected chi connectivity index (χ4v) is 4.14. The van der Waals surface area contributed by atoms with Gasteiger partial charge in [0.25, 0.3) is 0 Å². The van der Waals surface area contributed by atoms with Crippen LogP contribution in [-0.4, -0.2) is 36.1 Å². The second-order valence-corrected chi connectivity index (χ2v) is 8.37. The molecular formula is C21H21ClN6O3S. The van der Waals surface area contributed by atoms with Gasteiger partial charge in [0.1, 0.15) is 10.0 Å². The molecule has 0 saturated carbocycles. The van der Waals surface area contributed by atoms with Gasteiger partial charge in [-0.15, -0.1) is 11.3 Å². The van der Waals surface area contributed by atoms with Crippen LogP contribution in [0.2, 0.25) is 5.02 Å². The van der Waals surface area contributed by atoms with Gasteiger partial charge in [-0.3, -0.25) is 4.79 Å². The molecule has 1 aliphatic heterocycles. The predicted molar refractivity (Wildman–Crippen MR) is 126 cm³/mol. The molecule has 9 nitrogen and oxygen atoms in total. The lowest BCUT2D eigenvalue weighted by atomic mass is 10.1. The van der Waals surface area contributed by atoms with Crippen LogP contribution >= 0.6 is 22.9 Å². The summed E-state index contributed by atoms with van der Waals surface area (Å²) in [6.07, 6.45) is 3.09. The summed E-state index contributed by atoms with van der Waals surface area (Å²) in [4.78, 5) is 34.0. The Morgan fingerprint density at radius 2 is 2.09 bits per heavy atom. The summed E-state index contributed by atoms with van der Waals surface area (Å²) in [6.45, 7) is 0. The van der Waals surface area contributed by atoms with E-state index in [9.17, 15) is 9.59 Å². The van der Waals surface area contributed by atoms with Crippen LogP contribution in [0.25, 0.3) is 0 Å². The number of nitrogens with one attached hydrogen (secondary N) is 3. The van der Waals surface area contributed by atoms with Crippen molar-refractivity contribution in [2.75, 3.05) is 29.6 Å². The van der Waals surface area contributed by atoms with Crippen molar-refractivity contribution >= 4 is 63.1 Å². The molecule has 0 fully saturated rings. The van der Waals surface area contributed by atoms with Gasteiger partial charge in [-0.05, 0) is 48.1 Å². The van der Waals surface area contributed by atoms with Crippen LogP contribution < -0.4 is 25.6 Å². The van der Waals surface area contributed by atoms with Gasteiger partial charge in [-0.1, -0.05) is 11.6 Å². The van der Waals surface area contributed by atoms with E-state index in [0.717, 1.165) is 29.8 Å². The third-order valence-corrected chi connectivity index (χ3v) is 6.01. The number of amides is 2. The highest BCUT2D eigenvalue weighted by atomic mass is 35.5. The normalized spacial score (nSPS) is 13.2. The third kappa shape index (κ3) is 4.76. The molecule has 11 heteroatoms. The Kier molecular flexibility index (Phi) is 6.42. The molecule has 4 rings (SSSR count). The van der Waals surface area contributed by atoms with Gasteiger partial charge in [-0.25, -0.2) is 9.78 Å². The summed E-state index contributed by atoms with van der Waals surface area (Å²) in [6, 6.07) is 7.48. The van der Waals surface area contributed by atoms with E-state index in [1.807, 2.05) is 18.2 Å². The van der Waals surface area contributed by atoms with Gasteiger partial charge >= 0.3 is 6.09 Å². The number of thiophene rings is 1. The number of anilines is 5. The van der Waals surface area contributed by atoms with E-state index in [2.05, 4.69) is 25.9 Å². The molecule has 0 aliphatic carbocycles. The molecule has 0 radical (unpaired) electrons. The first-order valence-corrected chi connectivity index (χ1v) is 11.1. The molecule has 32 heavy (non-hydrogen) atoms. The number of hydrogen-bond acceptors (Lipinski definition) is 8. The number of fused-ring (bicyclic) bond motifs is 1. The summed E-state index contributed by atoms with van der Waals surface area (Å²) in [5.74, 6) is 1.20. The van der Waals surface area contributed by atoms with Gasteiger partial charge in [-0.2, -0.15) is 4.98 Å². The van der Waals surface area contributed by atoms with Crippen molar-refractivity contribution in [2.24, 2.45) is 0 Å². The van der Waals surface area contributed by atoms with E-state index >= 15 is 0 Å². The first-order chi connectivity index (χ1) is 15.4. The summed E-state index contributed by atoms with van der Waals surface area (Å²) in [7, 11) is 3.28. The Morgan fingerprint density at radius 1 is 1.25 bits per heavy atom. The average molecular weight is 473 g/mol. The highest BCUT2D eigenvalue weighted by Gasteiger charge is 2.19. The number of ether oxygens (including phenoxy) is 1. The van der Waals surface area contributed by atoms with Crippen LogP contribution in [0.3, 0.4) is 0 Å². The second-order valence-electron chi connectivity index (χ2n) is 7.04. The zero-order valence-corrected chi connectivity index (χ0v) is 19.0. The van der Waals surface area contributed by atoms with Crippen molar-refractivity contribution in [1.29, 1.82) is 0 Å². The zero-order chi connectivity index (χ0) is 22.7. The number of carbonyl (C=O) groups is 2. The lowest BCUT2D eigenvalue weighted by Gasteiger charge is -2.18. The van der Waals surface area contributed by atoms with Gasteiger partial charge in [0.2, 0.25) is 11.9 Å². The number of halogens is 1. The highest BCUT2D eigenvalue weighted by Crippen LogP contribution is 2.35. The number of aromatic nitrogens is 2. The quantitative estimate of drug-likeness (QED) is 0.494. The van der Waals surface area contributed by atoms with Crippen molar-refractivity contribution < 1.29 is 14.3 Å². The number of nitrogens with zero attached hydrogens (tertiary/aromatic N) is 3. The lowest BCUT2D eigenvalue weighted by molar-refractivity contribution is -0.118. The van der Waals surface area contributed by atoms with E-state index in [4.69, 9.17) is 16.3 Å². The van der Waals surface area contributed by atoms with Crippen molar-refractivity contribution in [2.45, 2.75) is 19.3 Å². The predicted octanol–water partition coefficient (Wildman–Crippen LogP) is 4.70. The maximum atomic E-state index is 12.1. The first kappa shape index (κ1) is 21.8. The molecule has 3 heterocycles. The van der Waals surface area contributed by atoms with E-state index in [-0.39, 0.29) is 5.91 Å². The van der Waals surface area contributed by atoms with Crippen molar-refractivity contribution in [3.63, 3.8) is 0 Å². The standard InChI is InChI=1S/C21H21ClN6O3S/c1-23-21(30)31-16-8-9-32-19(16)26-18-14(22)11-24-20(27-18)25-13-6-7-15-12(10-13)4-3-5-17(29)28(15)2/h6-11H,3-5H2,1-2H3,(H,23,30)(H2,24,25,26,27). The molecule has 166 valence electrons. The summed E-state index contributed by atoms with van der Waals surface area (Å²) in [5.41, 5.74) is 2.81. The third-order valence-electron chi connectivity index (χ3n) is 4.92. The van der Waals surface area contributed by atoms with Crippen LogP contribution in [-0.2, 0) is 11.2 Å². The Hall–Kier alpha value is -3.37. The first-order valence-electron chi connectivity index (χ1n) is 9.87. The average Bonchev–Trinajstić information content (AvgIpc) is 3.16. The molecule has 2 aromatic heterocycles. The number of rotatable bonds is 5.